The van der Waals surface area contributed by atoms with Crippen LogP contribution < -0.4 is 10.1 Å². The molecule has 17 heavy (non-hydrogen) atoms. The van der Waals surface area contributed by atoms with Gasteiger partial charge in [0.2, 0.25) is 0 Å². The Hall–Kier alpha value is -0.250. The number of halogens is 2. The van der Waals surface area contributed by atoms with Crippen molar-refractivity contribution in [2.75, 3.05) is 6.61 Å². The summed E-state index contributed by atoms with van der Waals surface area (Å²) in [6, 6.07) is 6.20. The molecule has 0 spiro atoms. The average Bonchev–Trinajstić information content (AvgIpc) is 2.18. The molecule has 4 heteroatoms. The zero-order valence-corrected chi connectivity index (χ0v) is 13.2. The minimum atomic E-state index is 0. The molecule has 0 amide bonds. The lowest BCUT2D eigenvalue weighted by Gasteiger charge is -2.20. The highest BCUT2D eigenvalue weighted by molar-refractivity contribution is 9.10. The zero-order chi connectivity index (χ0) is 12.2. The highest BCUT2D eigenvalue weighted by Crippen LogP contribution is 2.26. The summed E-state index contributed by atoms with van der Waals surface area (Å²) in [5, 5.41) is 3.46. The molecule has 0 aromatic heterocycles. The van der Waals surface area contributed by atoms with Gasteiger partial charge in [-0.05, 0) is 61.3 Å². The molecule has 0 heterocycles. The van der Waals surface area contributed by atoms with Gasteiger partial charge in [-0.15, -0.1) is 12.4 Å². The van der Waals surface area contributed by atoms with Crippen LogP contribution in [0.3, 0.4) is 0 Å². The maximum absolute atomic E-state index is 5.47. The predicted molar refractivity (Wildman–Crippen MR) is 79.2 cm³/mol. The molecule has 0 aliphatic heterocycles. The van der Waals surface area contributed by atoms with E-state index in [-0.39, 0.29) is 17.9 Å². The average molecular weight is 323 g/mol. The lowest BCUT2D eigenvalue weighted by atomic mass is 10.1. The molecule has 1 rings (SSSR count). The van der Waals surface area contributed by atoms with E-state index in [1.165, 1.54) is 5.56 Å². The van der Waals surface area contributed by atoms with E-state index in [4.69, 9.17) is 4.74 Å². The second kappa shape index (κ2) is 7.24. The first-order valence-electron chi connectivity index (χ1n) is 5.58. The predicted octanol–water partition coefficient (Wildman–Crippen LogP) is 4.16. The Bertz CT molecular complexity index is 350. The first kappa shape index (κ1) is 16.8. The van der Waals surface area contributed by atoms with Crippen LogP contribution >= 0.6 is 28.3 Å². The Labute approximate surface area is 119 Å². The molecule has 1 N–H and O–H groups in total. The molecule has 1 aromatic rings. The molecule has 2 nitrogen and oxygen atoms in total. The van der Waals surface area contributed by atoms with Gasteiger partial charge in [0.1, 0.15) is 5.75 Å². The fraction of sp³-hybridized carbons (Fsp3) is 0.538. The van der Waals surface area contributed by atoms with E-state index >= 15 is 0 Å². The van der Waals surface area contributed by atoms with Crippen LogP contribution in [0.25, 0.3) is 0 Å². The smallest absolute Gasteiger partial charge is 0.133 e. The Morgan fingerprint density at radius 2 is 1.94 bits per heavy atom. The third-order valence-electron chi connectivity index (χ3n) is 2.12. The molecule has 1 aromatic carbocycles. The molecule has 0 unspecified atom stereocenters. The maximum Gasteiger partial charge on any atom is 0.133 e. The minimum absolute atomic E-state index is 0. The highest BCUT2D eigenvalue weighted by Gasteiger charge is 2.09. The Balaban J connectivity index is 0.00000256. The number of benzene rings is 1. The summed E-state index contributed by atoms with van der Waals surface area (Å²) < 4.78 is 6.49. The third-order valence-corrected chi connectivity index (χ3v) is 2.74. The number of hydrogen-bond donors (Lipinski definition) is 1. The molecule has 0 radical (unpaired) electrons. The van der Waals surface area contributed by atoms with Gasteiger partial charge < -0.3 is 10.1 Å². The monoisotopic (exact) mass is 321 g/mol. The van der Waals surface area contributed by atoms with Crippen LogP contribution in [0.2, 0.25) is 0 Å². The Morgan fingerprint density at radius 3 is 2.41 bits per heavy atom. The van der Waals surface area contributed by atoms with Gasteiger partial charge >= 0.3 is 0 Å². The maximum atomic E-state index is 5.47. The van der Waals surface area contributed by atoms with E-state index < -0.39 is 0 Å². The molecule has 0 aliphatic rings. The second-order valence-electron chi connectivity index (χ2n) is 4.80. The molecule has 0 saturated carbocycles. The van der Waals surface area contributed by atoms with Crippen molar-refractivity contribution in [1.29, 1.82) is 0 Å². The van der Waals surface area contributed by atoms with Gasteiger partial charge in [-0.25, -0.2) is 0 Å². The quantitative estimate of drug-likeness (QED) is 0.899. The summed E-state index contributed by atoms with van der Waals surface area (Å²) >= 11 is 3.52. The number of ether oxygens (including phenoxy) is 1. The molecule has 0 aliphatic carbocycles. The van der Waals surface area contributed by atoms with Crippen molar-refractivity contribution in [3.8, 4) is 5.75 Å². The van der Waals surface area contributed by atoms with Gasteiger partial charge in [0.15, 0.2) is 0 Å². The van der Waals surface area contributed by atoms with Gasteiger partial charge in [-0.1, -0.05) is 6.07 Å². The summed E-state index contributed by atoms with van der Waals surface area (Å²) in [7, 11) is 0. The van der Waals surface area contributed by atoms with Crippen LogP contribution in [-0.4, -0.2) is 12.1 Å². The van der Waals surface area contributed by atoms with Gasteiger partial charge in [0, 0.05) is 12.1 Å². The molecular formula is C13H21BrClNO. The number of rotatable bonds is 4. The van der Waals surface area contributed by atoms with Crippen molar-refractivity contribution in [3.63, 3.8) is 0 Å². The van der Waals surface area contributed by atoms with Gasteiger partial charge in [0.05, 0.1) is 11.1 Å². The van der Waals surface area contributed by atoms with Gasteiger partial charge in [0.25, 0.3) is 0 Å². The summed E-state index contributed by atoms with van der Waals surface area (Å²) in [5.74, 6) is 0.905. The summed E-state index contributed by atoms with van der Waals surface area (Å²) in [4.78, 5) is 0. The Morgan fingerprint density at radius 1 is 1.29 bits per heavy atom. The van der Waals surface area contributed by atoms with Crippen molar-refractivity contribution in [1.82, 2.24) is 5.32 Å². The lowest BCUT2D eigenvalue weighted by Crippen LogP contribution is -2.35. The van der Waals surface area contributed by atoms with Crippen LogP contribution in [-0.2, 0) is 6.54 Å². The second-order valence-corrected chi connectivity index (χ2v) is 5.66. The van der Waals surface area contributed by atoms with Crippen molar-refractivity contribution < 1.29 is 4.74 Å². The van der Waals surface area contributed by atoms with Crippen LogP contribution in [0.5, 0.6) is 5.75 Å². The molecule has 0 bridgehead atoms. The number of hydrogen-bond acceptors (Lipinski definition) is 2. The van der Waals surface area contributed by atoms with Crippen LogP contribution in [0.15, 0.2) is 22.7 Å². The molecule has 0 atom stereocenters. The zero-order valence-electron chi connectivity index (χ0n) is 10.8. The fourth-order valence-electron chi connectivity index (χ4n) is 1.29. The molecule has 98 valence electrons. The summed E-state index contributed by atoms with van der Waals surface area (Å²) in [5.41, 5.74) is 1.40. The van der Waals surface area contributed by atoms with E-state index in [0.29, 0.717) is 6.61 Å². The minimum Gasteiger partial charge on any atom is -0.493 e. The highest BCUT2D eigenvalue weighted by atomic mass is 79.9. The van der Waals surface area contributed by atoms with E-state index in [2.05, 4.69) is 54.2 Å². The van der Waals surface area contributed by atoms with E-state index in [9.17, 15) is 0 Å². The summed E-state index contributed by atoms with van der Waals surface area (Å²) in [6.45, 7) is 10.0. The lowest BCUT2D eigenvalue weighted by molar-refractivity contribution is 0.338. The third kappa shape index (κ3) is 6.29. The normalized spacial score (nSPS) is 10.9. The van der Waals surface area contributed by atoms with E-state index in [1.54, 1.807) is 0 Å². The largest absolute Gasteiger partial charge is 0.493 e. The molecule has 0 saturated heterocycles. The van der Waals surface area contributed by atoms with Gasteiger partial charge in [-0.2, -0.15) is 0 Å². The number of nitrogens with one attached hydrogen (secondary N) is 1. The van der Waals surface area contributed by atoms with Crippen molar-refractivity contribution >= 4 is 28.3 Å². The first-order chi connectivity index (χ1) is 7.42. The van der Waals surface area contributed by atoms with Crippen LogP contribution in [0.4, 0.5) is 0 Å². The molecule has 0 fully saturated rings. The van der Waals surface area contributed by atoms with Crippen LogP contribution in [0, 0.1) is 0 Å². The molecular weight excluding hydrogens is 302 g/mol. The van der Waals surface area contributed by atoms with Crippen molar-refractivity contribution in [2.24, 2.45) is 0 Å². The van der Waals surface area contributed by atoms with E-state index in [1.807, 2.05) is 13.0 Å². The SMILES string of the molecule is CCOc1ccc(CNC(C)(C)C)cc1Br.Cl. The Kier molecular flexibility index (Phi) is 7.14. The topological polar surface area (TPSA) is 21.3 Å². The van der Waals surface area contributed by atoms with Crippen molar-refractivity contribution in [2.45, 2.75) is 39.8 Å². The fourth-order valence-corrected chi connectivity index (χ4v) is 1.83. The standard InChI is InChI=1S/C13H20BrNO.ClH/c1-5-16-12-7-6-10(8-11(12)14)9-15-13(2,3)4;/h6-8,15H,5,9H2,1-4H3;1H. The van der Waals surface area contributed by atoms with Gasteiger partial charge in [-0.3, -0.25) is 0 Å². The van der Waals surface area contributed by atoms with E-state index in [0.717, 1.165) is 16.8 Å². The summed E-state index contributed by atoms with van der Waals surface area (Å²) in [6.07, 6.45) is 0. The first-order valence-corrected chi connectivity index (χ1v) is 6.38. The van der Waals surface area contributed by atoms with Crippen LogP contribution in [0.1, 0.15) is 33.3 Å². The van der Waals surface area contributed by atoms with Crippen molar-refractivity contribution in [3.05, 3.63) is 28.2 Å².